The van der Waals surface area contributed by atoms with Gasteiger partial charge in [0.05, 0.1) is 6.61 Å². The first-order chi connectivity index (χ1) is 4.83. The van der Waals surface area contributed by atoms with Crippen LogP contribution in [-0.2, 0) is 0 Å². The molecule has 0 aliphatic carbocycles. The number of halogens is 1. The van der Waals surface area contributed by atoms with Crippen LogP contribution in [0.15, 0.2) is 6.33 Å². The van der Waals surface area contributed by atoms with Crippen LogP contribution in [0.2, 0.25) is 5.28 Å². The van der Waals surface area contributed by atoms with Gasteiger partial charge >= 0.3 is 6.01 Å². The van der Waals surface area contributed by atoms with Crippen molar-refractivity contribution in [2.24, 2.45) is 0 Å². The summed E-state index contributed by atoms with van der Waals surface area (Å²) in [5.41, 5.74) is 0. The van der Waals surface area contributed by atoms with E-state index in [0.29, 0.717) is 6.61 Å². The van der Waals surface area contributed by atoms with Gasteiger partial charge in [0.15, 0.2) is 0 Å². The average Bonchev–Trinajstić information content (AvgIpc) is 1.88. The Bertz CT molecular complexity index is 218. The van der Waals surface area contributed by atoms with Crippen molar-refractivity contribution >= 4 is 11.6 Å². The third-order valence-corrected chi connectivity index (χ3v) is 0.976. The zero-order valence-electron chi connectivity index (χ0n) is 5.41. The highest BCUT2D eigenvalue weighted by Gasteiger charge is 1.95. The minimum Gasteiger partial charge on any atom is -0.464 e. The third-order valence-electron chi connectivity index (χ3n) is 0.794. The van der Waals surface area contributed by atoms with Crippen LogP contribution in [-0.4, -0.2) is 21.6 Å². The molecule has 0 radical (unpaired) electrons. The van der Waals surface area contributed by atoms with E-state index in [1.54, 1.807) is 0 Å². The lowest BCUT2D eigenvalue weighted by atomic mass is 10.9. The Morgan fingerprint density at radius 1 is 1.60 bits per heavy atom. The van der Waals surface area contributed by atoms with Crippen LogP contribution in [0, 0.1) is 0 Å². The monoisotopic (exact) mass is 159 g/mol. The van der Waals surface area contributed by atoms with Crippen LogP contribution in [0.1, 0.15) is 6.92 Å². The van der Waals surface area contributed by atoms with Gasteiger partial charge in [0.25, 0.3) is 0 Å². The van der Waals surface area contributed by atoms with E-state index in [-0.39, 0.29) is 11.3 Å². The van der Waals surface area contributed by atoms with Gasteiger partial charge in [-0.3, -0.25) is 0 Å². The fourth-order valence-electron chi connectivity index (χ4n) is 0.461. The predicted octanol–water partition coefficient (Wildman–Crippen LogP) is 0.924. The van der Waals surface area contributed by atoms with Gasteiger partial charge in [-0.2, -0.15) is 9.97 Å². The topological polar surface area (TPSA) is 47.9 Å². The molecule has 0 aliphatic heterocycles. The van der Waals surface area contributed by atoms with Gasteiger partial charge in [0, 0.05) is 0 Å². The summed E-state index contributed by atoms with van der Waals surface area (Å²) < 4.78 is 4.94. The van der Waals surface area contributed by atoms with Crippen molar-refractivity contribution in [2.45, 2.75) is 6.92 Å². The normalized spacial score (nSPS) is 9.40. The number of ether oxygens (including phenoxy) is 1. The van der Waals surface area contributed by atoms with Crippen LogP contribution in [0.25, 0.3) is 0 Å². The highest BCUT2D eigenvalue weighted by atomic mass is 35.5. The fraction of sp³-hybridized carbons (Fsp3) is 0.400. The molecule has 5 heteroatoms. The van der Waals surface area contributed by atoms with E-state index >= 15 is 0 Å². The second-order valence-corrected chi connectivity index (χ2v) is 1.81. The Balaban J connectivity index is 2.75. The summed E-state index contributed by atoms with van der Waals surface area (Å²) in [4.78, 5) is 11.0. The summed E-state index contributed by atoms with van der Waals surface area (Å²) in [7, 11) is 0. The quantitative estimate of drug-likeness (QED) is 0.644. The molecular formula is C5H6ClN3O. The van der Waals surface area contributed by atoms with E-state index in [1.165, 1.54) is 6.33 Å². The summed E-state index contributed by atoms with van der Waals surface area (Å²) in [5, 5.41) is 0.151. The maximum atomic E-state index is 5.44. The molecule has 0 fully saturated rings. The average molecular weight is 160 g/mol. The highest BCUT2D eigenvalue weighted by Crippen LogP contribution is 2.03. The van der Waals surface area contributed by atoms with Crippen LogP contribution >= 0.6 is 11.6 Å². The molecule has 4 nitrogen and oxygen atoms in total. The molecular weight excluding hydrogens is 154 g/mol. The Hall–Kier alpha value is -0.900. The smallest absolute Gasteiger partial charge is 0.320 e. The highest BCUT2D eigenvalue weighted by molar-refractivity contribution is 6.28. The van der Waals surface area contributed by atoms with Crippen molar-refractivity contribution in [2.75, 3.05) is 6.61 Å². The van der Waals surface area contributed by atoms with Gasteiger partial charge in [-0.1, -0.05) is 0 Å². The fourth-order valence-corrected chi connectivity index (χ4v) is 0.577. The summed E-state index contributed by atoms with van der Waals surface area (Å²) in [5.74, 6) is 0. The van der Waals surface area contributed by atoms with Crippen molar-refractivity contribution in [3.8, 4) is 6.01 Å². The predicted molar refractivity (Wildman–Crippen MR) is 36.0 cm³/mol. The third kappa shape index (κ3) is 1.80. The Kier molecular flexibility index (Phi) is 2.39. The summed E-state index contributed by atoms with van der Waals surface area (Å²) in [6.45, 7) is 2.37. The number of aromatic nitrogens is 3. The molecule has 1 rings (SSSR count). The molecule has 0 saturated carbocycles. The van der Waals surface area contributed by atoms with E-state index < -0.39 is 0 Å². The molecule has 0 aliphatic rings. The lowest BCUT2D eigenvalue weighted by Gasteiger charge is -1.97. The minimum absolute atomic E-state index is 0.151. The number of hydrogen-bond donors (Lipinski definition) is 0. The van der Waals surface area contributed by atoms with Crippen molar-refractivity contribution in [1.29, 1.82) is 0 Å². The van der Waals surface area contributed by atoms with Crippen molar-refractivity contribution < 1.29 is 4.74 Å². The van der Waals surface area contributed by atoms with E-state index in [0.717, 1.165) is 0 Å². The Morgan fingerprint density at radius 3 is 3.00 bits per heavy atom. The zero-order valence-corrected chi connectivity index (χ0v) is 6.17. The molecule has 1 aromatic rings. The lowest BCUT2D eigenvalue weighted by Crippen LogP contribution is -1.97. The first-order valence-corrected chi connectivity index (χ1v) is 3.18. The first-order valence-electron chi connectivity index (χ1n) is 2.80. The number of rotatable bonds is 2. The van der Waals surface area contributed by atoms with Gasteiger partial charge in [0.2, 0.25) is 5.28 Å². The summed E-state index contributed by atoms with van der Waals surface area (Å²) in [6, 6.07) is 0.266. The van der Waals surface area contributed by atoms with Gasteiger partial charge < -0.3 is 4.74 Å². The van der Waals surface area contributed by atoms with Gasteiger partial charge in [0.1, 0.15) is 6.33 Å². The molecule has 1 aromatic heterocycles. The maximum Gasteiger partial charge on any atom is 0.320 e. The largest absolute Gasteiger partial charge is 0.464 e. The lowest BCUT2D eigenvalue weighted by molar-refractivity contribution is 0.311. The number of nitrogens with zero attached hydrogens (tertiary/aromatic N) is 3. The van der Waals surface area contributed by atoms with E-state index in [1.807, 2.05) is 6.92 Å². The standard InChI is InChI=1S/C5H6ClN3O/c1-2-10-5-8-3-7-4(6)9-5/h3H,2H2,1H3. The molecule has 0 N–H and O–H groups in total. The van der Waals surface area contributed by atoms with Crippen LogP contribution in [0.3, 0.4) is 0 Å². The second-order valence-electron chi connectivity index (χ2n) is 1.47. The van der Waals surface area contributed by atoms with Crippen molar-refractivity contribution in [3.63, 3.8) is 0 Å². The van der Waals surface area contributed by atoms with E-state index in [2.05, 4.69) is 15.0 Å². The zero-order chi connectivity index (χ0) is 7.40. The first kappa shape index (κ1) is 7.21. The molecule has 0 bridgehead atoms. The number of hydrogen-bond acceptors (Lipinski definition) is 4. The van der Waals surface area contributed by atoms with E-state index in [4.69, 9.17) is 16.3 Å². The van der Waals surface area contributed by atoms with Crippen molar-refractivity contribution in [1.82, 2.24) is 15.0 Å². The van der Waals surface area contributed by atoms with Gasteiger partial charge in [-0.15, -0.1) is 0 Å². The molecule has 0 saturated heterocycles. The van der Waals surface area contributed by atoms with Crippen molar-refractivity contribution in [3.05, 3.63) is 11.6 Å². The molecule has 0 spiro atoms. The molecule has 10 heavy (non-hydrogen) atoms. The molecule has 0 amide bonds. The van der Waals surface area contributed by atoms with E-state index in [9.17, 15) is 0 Å². The van der Waals surface area contributed by atoms with Crippen LogP contribution in [0.5, 0.6) is 6.01 Å². The van der Waals surface area contributed by atoms with Crippen LogP contribution < -0.4 is 4.74 Å². The summed E-state index contributed by atoms with van der Waals surface area (Å²) >= 11 is 5.44. The maximum absolute atomic E-state index is 5.44. The Labute approximate surface area is 63.2 Å². The molecule has 1 heterocycles. The summed E-state index contributed by atoms with van der Waals surface area (Å²) in [6.07, 6.45) is 1.31. The Morgan fingerprint density at radius 2 is 2.40 bits per heavy atom. The second kappa shape index (κ2) is 3.31. The molecule has 0 unspecified atom stereocenters. The van der Waals surface area contributed by atoms with Gasteiger partial charge in [-0.05, 0) is 18.5 Å². The minimum atomic E-state index is 0.151. The molecule has 0 aromatic carbocycles. The SMILES string of the molecule is CCOc1ncnc(Cl)n1. The van der Waals surface area contributed by atoms with Gasteiger partial charge in [-0.25, -0.2) is 4.98 Å². The van der Waals surface area contributed by atoms with Crippen LogP contribution in [0.4, 0.5) is 0 Å². The molecule has 0 atom stereocenters. The molecule has 54 valence electrons.